The molecule has 0 aliphatic heterocycles. The van der Waals surface area contributed by atoms with Crippen molar-refractivity contribution in [3.05, 3.63) is 29.8 Å². The van der Waals surface area contributed by atoms with E-state index in [-0.39, 0.29) is 13.2 Å². The van der Waals surface area contributed by atoms with E-state index in [4.69, 9.17) is 14.9 Å². The van der Waals surface area contributed by atoms with Gasteiger partial charge in [-0.3, -0.25) is 0 Å². The maximum Gasteiger partial charge on any atom is 0.119 e. The predicted octanol–water partition coefficient (Wildman–Crippen LogP) is 1.31. The Morgan fingerprint density at radius 3 is 2.28 bits per heavy atom. The van der Waals surface area contributed by atoms with Gasteiger partial charge in [-0.15, -0.1) is 0 Å². The highest BCUT2D eigenvalue weighted by molar-refractivity contribution is 5.27. The van der Waals surface area contributed by atoms with Crippen LogP contribution in [0.2, 0.25) is 0 Å². The molecule has 0 atom stereocenters. The summed E-state index contributed by atoms with van der Waals surface area (Å²) in [6, 6.07) is 7.82. The molecule has 4 nitrogen and oxygen atoms in total. The molecule has 18 heavy (non-hydrogen) atoms. The van der Waals surface area contributed by atoms with Gasteiger partial charge in [0.15, 0.2) is 0 Å². The molecule has 0 unspecified atom stereocenters. The van der Waals surface area contributed by atoms with E-state index in [0.29, 0.717) is 6.54 Å². The molecule has 0 fully saturated rings. The Balaban J connectivity index is 2.48. The molecule has 0 aliphatic rings. The zero-order chi connectivity index (χ0) is 13.4. The van der Waals surface area contributed by atoms with Crippen LogP contribution < -0.4 is 10.1 Å². The standard InChI is InChI=1S/C14H23NO3/c1-3-8-18-13-6-4-12(5-7-13)9-15-14(2,10-16)11-17/h4-7,15-17H,3,8-11H2,1-2H3. The molecule has 0 aliphatic carbocycles. The van der Waals surface area contributed by atoms with Gasteiger partial charge in [-0.1, -0.05) is 19.1 Å². The highest BCUT2D eigenvalue weighted by atomic mass is 16.5. The molecule has 4 heteroatoms. The summed E-state index contributed by atoms with van der Waals surface area (Å²) in [4.78, 5) is 0. The van der Waals surface area contributed by atoms with E-state index >= 15 is 0 Å². The van der Waals surface area contributed by atoms with Crippen LogP contribution in [0.25, 0.3) is 0 Å². The van der Waals surface area contributed by atoms with Crippen LogP contribution in [0, 0.1) is 0 Å². The quantitative estimate of drug-likeness (QED) is 0.653. The lowest BCUT2D eigenvalue weighted by Crippen LogP contribution is -2.48. The molecule has 0 saturated carbocycles. The topological polar surface area (TPSA) is 61.7 Å². The Hall–Kier alpha value is -1.10. The molecule has 0 bridgehead atoms. The summed E-state index contributed by atoms with van der Waals surface area (Å²) in [5, 5.41) is 21.5. The Kier molecular flexibility index (Phi) is 6.12. The molecule has 1 aromatic rings. The molecule has 0 saturated heterocycles. The Labute approximate surface area is 109 Å². The van der Waals surface area contributed by atoms with Crippen molar-refractivity contribution < 1.29 is 14.9 Å². The number of aliphatic hydroxyl groups is 2. The summed E-state index contributed by atoms with van der Waals surface area (Å²) < 4.78 is 5.50. The number of hydrogen-bond acceptors (Lipinski definition) is 4. The second-order valence-corrected chi connectivity index (χ2v) is 4.72. The Morgan fingerprint density at radius 2 is 1.78 bits per heavy atom. The SMILES string of the molecule is CCCOc1ccc(CNC(C)(CO)CO)cc1. The van der Waals surface area contributed by atoms with E-state index < -0.39 is 5.54 Å². The van der Waals surface area contributed by atoms with Gasteiger partial charge in [0.05, 0.1) is 25.4 Å². The van der Waals surface area contributed by atoms with Crippen LogP contribution >= 0.6 is 0 Å². The van der Waals surface area contributed by atoms with Crippen LogP contribution in [-0.4, -0.2) is 35.6 Å². The van der Waals surface area contributed by atoms with Gasteiger partial charge in [0.25, 0.3) is 0 Å². The summed E-state index contributed by atoms with van der Waals surface area (Å²) in [7, 11) is 0. The number of benzene rings is 1. The molecule has 0 radical (unpaired) electrons. The maximum absolute atomic E-state index is 9.16. The molecular formula is C14H23NO3. The van der Waals surface area contributed by atoms with Gasteiger partial charge >= 0.3 is 0 Å². The number of aliphatic hydroxyl groups excluding tert-OH is 2. The smallest absolute Gasteiger partial charge is 0.119 e. The number of ether oxygens (including phenoxy) is 1. The first-order chi connectivity index (χ1) is 8.63. The van der Waals surface area contributed by atoms with Crippen LogP contribution in [0.1, 0.15) is 25.8 Å². The monoisotopic (exact) mass is 253 g/mol. The van der Waals surface area contributed by atoms with Crippen molar-refractivity contribution in [3.8, 4) is 5.75 Å². The third kappa shape index (κ3) is 4.64. The van der Waals surface area contributed by atoms with E-state index in [1.165, 1.54) is 0 Å². The Bertz CT molecular complexity index is 333. The second-order valence-electron chi connectivity index (χ2n) is 4.72. The minimum Gasteiger partial charge on any atom is -0.494 e. The lowest BCUT2D eigenvalue weighted by atomic mass is 10.0. The average Bonchev–Trinajstić information content (AvgIpc) is 2.43. The van der Waals surface area contributed by atoms with Gasteiger partial charge in [0.1, 0.15) is 5.75 Å². The fourth-order valence-corrected chi connectivity index (χ4v) is 1.40. The zero-order valence-corrected chi connectivity index (χ0v) is 11.1. The number of nitrogens with one attached hydrogen (secondary N) is 1. The number of hydrogen-bond donors (Lipinski definition) is 3. The van der Waals surface area contributed by atoms with E-state index in [1.807, 2.05) is 24.3 Å². The van der Waals surface area contributed by atoms with Crippen LogP contribution in [0.5, 0.6) is 5.75 Å². The van der Waals surface area contributed by atoms with Crippen molar-refractivity contribution in [2.45, 2.75) is 32.4 Å². The minimum atomic E-state index is -0.641. The van der Waals surface area contributed by atoms with Crippen molar-refractivity contribution in [1.82, 2.24) is 5.32 Å². The highest BCUT2D eigenvalue weighted by Gasteiger charge is 2.20. The molecular weight excluding hydrogens is 230 g/mol. The van der Waals surface area contributed by atoms with Crippen molar-refractivity contribution in [1.29, 1.82) is 0 Å². The lowest BCUT2D eigenvalue weighted by Gasteiger charge is -2.26. The first-order valence-corrected chi connectivity index (χ1v) is 6.32. The first kappa shape index (κ1) is 15.0. The van der Waals surface area contributed by atoms with E-state index in [9.17, 15) is 0 Å². The third-order valence-electron chi connectivity index (χ3n) is 2.81. The molecule has 0 aromatic heterocycles. The largest absolute Gasteiger partial charge is 0.494 e. The van der Waals surface area contributed by atoms with Crippen molar-refractivity contribution >= 4 is 0 Å². The van der Waals surface area contributed by atoms with Crippen molar-refractivity contribution in [2.24, 2.45) is 0 Å². The van der Waals surface area contributed by atoms with E-state index in [2.05, 4.69) is 12.2 Å². The molecule has 0 amide bonds. The molecule has 3 N–H and O–H groups in total. The number of rotatable bonds is 8. The average molecular weight is 253 g/mol. The van der Waals surface area contributed by atoms with Gasteiger partial charge in [0.2, 0.25) is 0 Å². The fraction of sp³-hybridized carbons (Fsp3) is 0.571. The summed E-state index contributed by atoms with van der Waals surface area (Å²) in [5.74, 6) is 0.868. The van der Waals surface area contributed by atoms with Crippen molar-refractivity contribution in [3.63, 3.8) is 0 Å². The zero-order valence-electron chi connectivity index (χ0n) is 11.1. The molecule has 0 spiro atoms. The van der Waals surface area contributed by atoms with Crippen LogP contribution in [-0.2, 0) is 6.54 Å². The normalized spacial score (nSPS) is 11.6. The van der Waals surface area contributed by atoms with Crippen LogP contribution in [0.4, 0.5) is 0 Å². The summed E-state index contributed by atoms with van der Waals surface area (Å²) in [6.07, 6.45) is 0.995. The molecule has 1 aromatic carbocycles. The van der Waals surface area contributed by atoms with Crippen LogP contribution in [0.3, 0.4) is 0 Å². The third-order valence-corrected chi connectivity index (χ3v) is 2.81. The summed E-state index contributed by atoms with van der Waals surface area (Å²) >= 11 is 0. The first-order valence-electron chi connectivity index (χ1n) is 6.32. The lowest BCUT2D eigenvalue weighted by molar-refractivity contribution is 0.103. The van der Waals surface area contributed by atoms with Crippen LogP contribution in [0.15, 0.2) is 24.3 Å². The van der Waals surface area contributed by atoms with E-state index in [1.54, 1.807) is 6.92 Å². The van der Waals surface area contributed by atoms with Gasteiger partial charge in [0, 0.05) is 6.54 Å². The molecule has 102 valence electrons. The summed E-state index contributed by atoms with van der Waals surface area (Å²) in [6.45, 7) is 4.99. The van der Waals surface area contributed by atoms with E-state index in [0.717, 1.165) is 24.3 Å². The summed E-state index contributed by atoms with van der Waals surface area (Å²) in [5.41, 5.74) is 0.448. The minimum absolute atomic E-state index is 0.0960. The van der Waals surface area contributed by atoms with Gasteiger partial charge < -0.3 is 20.3 Å². The highest BCUT2D eigenvalue weighted by Crippen LogP contribution is 2.13. The Morgan fingerprint density at radius 1 is 1.17 bits per heavy atom. The predicted molar refractivity (Wildman–Crippen MR) is 71.6 cm³/mol. The molecule has 0 heterocycles. The molecule has 1 rings (SSSR count). The fourth-order valence-electron chi connectivity index (χ4n) is 1.40. The second kappa shape index (κ2) is 7.36. The van der Waals surface area contributed by atoms with Gasteiger partial charge in [-0.05, 0) is 31.0 Å². The maximum atomic E-state index is 9.16. The van der Waals surface area contributed by atoms with Gasteiger partial charge in [-0.25, -0.2) is 0 Å². The van der Waals surface area contributed by atoms with Crippen molar-refractivity contribution in [2.75, 3.05) is 19.8 Å². The van der Waals surface area contributed by atoms with Gasteiger partial charge in [-0.2, -0.15) is 0 Å².